The van der Waals surface area contributed by atoms with E-state index in [1.165, 1.54) is 5.56 Å². The molecule has 1 N–H and O–H groups in total. The lowest BCUT2D eigenvalue weighted by Gasteiger charge is -2.38. The van der Waals surface area contributed by atoms with Gasteiger partial charge in [0.15, 0.2) is 0 Å². The van der Waals surface area contributed by atoms with Crippen LogP contribution >= 0.6 is 0 Å². The molecule has 0 bridgehead atoms. The quantitative estimate of drug-likeness (QED) is 0.721. The van der Waals surface area contributed by atoms with Gasteiger partial charge in [0.1, 0.15) is 22.3 Å². The number of benzene rings is 2. The zero-order valence-electron chi connectivity index (χ0n) is 20.1. The zero-order chi connectivity index (χ0) is 23.6. The van der Waals surface area contributed by atoms with Gasteiger partial charge in [-0.05, 0) is 76.2 Å². The van der Waals surface area contributed by atoms with Gasteiger partial charge in [-0.3, -0.25) is 4.79 Å². The minimum absolute atomic E-state index is 0.0490. The van der Waals surface area contributed by atoms with Crippen LogP contribution in [0, 0.1) is 0 Å². The number of likely N-dealkylation sites (N-methyl/N-ethyl adjacent to an activating group) is 1. The number of ether oxygens (including phenoxy) is 1. The van der Waals surface area contributed by atoms with Crippen molar-refractivity contribution in [1.29, 1.82) is 0 Å². The number of amides is 1. The second-order valence-electron chi connectivity index (χ2n) is 9.70. The Morgan fingerprint density at radius 1 is 1.12 bits per heavy atom. The van der Waals surface area contributed by atoms with E-state index in [1.54, 1.807) is 0 Å². The lowest BCUT2D eigenvalue weighted by Crippen LogP contribution is -2.40. The molecule has 0 saturated carbocycles. The van der Waals surface area contributed by atoms with Crippen LogP contribution in [0.4, 0.5) is 0 Å². The number of rotatable bonds is 5. The van der Waals surface area contributed by atoms with Crippen molar-refractivity contribution in [3.8, 4) is 5.75 Å². The van der Waals surface area contributed by atoms with Gasteiger partial charge in [-0.25, -0.2) is 8.93 Å². The topological polar surface area (TPSA) is 61.9 Å². The van der Waals surface area contributed by atoms with E-state index in [9.17, 15) is 9.00 Å². The highest BCUT2D eigenvalue weighted by Gasteiger charge is 2.35. The summed E-state index contributed by atoms with van der Waals surface area (Å²) >= 11 is 0. The summed E-state index contributed by atoms with van der Waals surface area (Å²) in [7, 11) is 0.729. The second kappa shape index (κ2) is 9.95. The first kappa shape index (κ1) is 23.9. The van der Waals surface area contributed by atoms with Crippen LogP contribution in [-0.4, -0.2) is 58.7 Å². The minimum atomic E-state index is -1.37. The maximum Gasteiger partial charge on any atom is 0.253 e. The molecule has 2 aliphatic heterocycles. The van der Waals surface area contributed by atoms with Crippen molar-refractivity contribution in [2.45, 2.75) is 56.6 Å². The molecule has 178 valence electrons. The maximum atomic E-state index is 13.3. The van der Waals surface area contributed by atoms with Gasteiger partial charge in [0, 0.05) is 37.2 Å². The summed E-state index contributed by atoms with van der Waals surface area (Å²) in [5.41, 5.74) is 2.37. The molecule has 2 aliphatic rings. The number of carbonyl (C=O) groups excluding carboxylic acids is 1. The van der Waals surface area contributed by atoms with Crippen molar-refractivity contribution in [1.82, 2.24) is 14.5 Å². The first-order valence-electron chi connectivity index (χ1n) is 11.8. The van der Waals surface area contributed by atoms with Crippen molar-refractivity contribution in [3.63, 3.8) is 0 Å². The molecule has 0 radical (unpaired) electrons. The first-order chi connectivity index (χ1) is 15.8. The average Bonchev–Trinajstić information content (AvgIpc) is 3.02. The number of nitrogens with one attached hydrogen (secondary N) is 1. The molecule has 4 rings (SSSR count). The predicted octanol–water partition coefficient (Wildman–Crippen LogP) is 3.94. The Hall–Kier alpha value is -2.22. The Morgan fingerprint density at radius 2 is 1.88 bits per heavy atom. The van der Waals surface area contributed by atoms with Crippen LogP contribution in [0.5, 0.6) is 5.75 Å². The van der Waals surface area contributed by atoms with Crippen molar-refractivity contribution < 1.29 is 13.7 Å². The van der Waals surface area contributed by atoms with Crippen molar-refractivity contribution in [3.05, 3.63) is 59.2 Å². The highest BCUT2D eigenvalue weighted by Crippen LogP contribution is 2.40. The first-order valence-corrected chi connectivity index (χ1v) is 13.0. The van der Waals surface area contributed by atoms with Gasteiger partial charge < -0.3 is 14.5 Å². The molecular formula is C26H35N3O3S. The van der Waals surface area contributed by atoms with Gasteiger partial charge in [0.2, 0.25) is 0 Å². The van der Waals surface area contributed by atoms with E-state index in [1.807, 2.05) is 61.2 Å². The average molecular weight is 470 g/mol. The number of hydrogen-bond donors (Lipinski definition) is 1. The highest BCUT2D eigenvalue weighted by molar-refractivity contribution is 7.83. The van der Waals surface area contributed by atoms with E-state index in [0.29, 0.717) is 12.0 Å². The summed E-state index contributed by atoms with van der Waals surface area (Å²) in [6, 6.07) is 13.4. The molecule has 33 heavy (non-hydrogen) atoms. The Bertz CT molecular complexity index is 1020. The van der Waals surface area contributed by atoms with Gasteiger partial charge in [-0.1, -0.05) is 19.1 Å². The SMILES string of the molecule is CCc1ccc(S(=O)N[C@H]2CC(C)(C)Oc3ccc(C(=O)N4CCCN(C)CC4)cc32)cc1. The van der Waals surface area contributed by atoms with Crippen molar-refractivity contribution in [2.75, 3.05) is 33.2 Å². The molecule has 2 atom stereocenters. The largest absolute Gasteiger partial charge is 0.487 e. The summed E-state index contributed by atoms with van der Waals surface area (Å²) in [6.45, 7) is 9.57. The van der Waals surface area contributed by atoms with Gasteiger partial charge in [0.25, 0.3) is 5.91 Å². The lowest BCUT2D eigenvalue weighted by atomic mass is 9.89. The fourth-order valence-electron chi connectivity index (χ4n) is 4.57. The molecule has 1 unspecified atom stereocenters. The van der Waals surface area contributed by atoms with E-state index >= 15 is 0 Å². The fraction of sp³-hybridized carbons (Fsp3) is 0.500. The molecule has 2 heterocycles. The summed E-state index contributed by atoms with van der Waals surface area (Å²) in [5, 5.41) is 0. The fourth-order valence-corrected chi connectivity index (χ4v) is 5.56. The van der Waals surface area contributed by atoms with Crippen LogP contribution in [0.2, 0.25) is 0 Å². The molecule has 0 spiro atoms. The molecule has 1 saturated heterocycles. The third kappa shape index (κ3) is 5.65. The summed E-state index contributed by atoms with van der Waals surface area (Å²) in [5.74, 6) is 0.794. The van der Waals surface area contributed by atoms with Gasteiger partial charge in [0.05, 0.1) is 10.9 Å². The molecule has 2 aromatic rings. The van der Waals surface area contributed by atoms with Crippen LogP contribution in [-0.2, 0) is 17.4 Å². The minimum Gasteiger partial charge on any atom is -0.487 e. The van der Waals surface area contributed by atoms with E-state index in [4.69, 9.17) is 4.74 Å². The third-order valence-electron chi connectivity index (χ3n) is 6.52. The van der Waals surface area contributed by atoms with E-state index in [0.717, 1.165) is 55.2 Å². The molecule has 1 amide bonds. The summed E-state index contributed by atoms with van der Waals surface area (Å²) in [6.07, 6.45) is 2.58. The Balaban J connectivity index is 1.58. The number of hydrogen-bond acceptors (Lipinski definition) is 4. The van der Waals surface area contributed by atoms with E-state index in [-0.39, 0.29) is 11.9 Å². The van der Waals surface area contributed by atoms with Crippen molar-refractivity contribution >= 4 is 16.9 Å². The Labute approximate surface area is 199 Å². The smallest absolute Gasteiger partial charge is 0.253 e. The van der Waals surface area contributed by atoms with Gasteiger partial charge in [-0.2, -0.15) is 0 Å². The van der Waals surface area contributed by atoms with Crippen LogP contribution in [0.1, 0.15) is 61.1 Å². The monoisotopic (exact) mass is 469 g/mol. The second-order valence-corrected chi connectivity index (χ2v) is 10.9. The van der Waals surface area contributed by atoms with Crippen molar-refractivity contribution in [2.24, 2.45) is 0 Å². The summed E-state index contributed by atoms with van der Waals surface area (Å²) < 4.78 is 22.7. The van der Waals surface area contributed by atoms with Gasteiger partial charge in [-0.15, -0.1) is 0 Å². The Kier molecular flexibility index (Phi) is 7.22. The number of fused-ring (bicyclic) bond motifs is 1. The van der Waals surface area contributed by atoms with Gasteiger partial charge >= 0.3 is 0 Å². The van der Waals surface area contributed by atoms with E-state index < -0.39 is 16.6 Å². The molecule has 6 nitrogen and oxygen atoms in total. The van der Waals surface area contributed by atoms with Crippen LogP contribution in [0.25, 0.3) is 0 Å². The standard InChI is InChI=1S/C26H35N3O3S/c1-5-19-7-10-21(11-8-19)33(31)27-23-18-26(2,3)32-24-12-9-20(17-22(23)24)25(30)29-14-6-13-28(4)15-16-29/h7-12,17,23,27H,5-6,13-16,18H2,1-4H3/t23-,33?/m0/s1. The molecule has 7 heteroatoms. The molecule has 0 aromatic heterocycles. The maximum absolute atomic E-state index is 13.3. The predicted molar refractivity (Wildman–Crippen MR) is 132 cm³/mol. The molecule has 1 fully saturated rings. The molecule has 2 aromatic carbocycles. The number of nitrogens with zero attached hydrogens (tertiary/aromatic N) is 2. The normalized spacial score (nSPS) is 21.6. The summed E-state index contributed by atoms with van der Waals surface area (Å²) in [4.78, 5) is 18.2. The van der Waals surface area contributed by atoms with Crippen LogP contribution in [0.3, 0.4) is 0 Å². The van der Waals surface area contributed by atoms with Crippen LogP contribution in [0.15, 0.2) is 47.4 Å². The lowest BCUT2D eigenvalue weighted by molar-refractivity contribution is 0.0700. The van der Waals surface area contributed by atoms with Crippen LogP contribution < -0.4 is 9.46 Å². The van der Waals surface area contributed by atoms with E-state index in [2.05, 4.69) is 23.6 Å². The number of aryl methyl sites for hydroxylation is 1. The third-order valence-corrected chi connectivity index (χ3v) is 7.71. The molecular weight excluding hydrogens is 434 g/mol. The molecule has 0 aliphatic carbocycles. The Morgan fingerprint density at radius 3 is 2.61 bits per heavy atom. The highest BCUT2D eigenvalue weighted by atomic mass is 32.2. The number of carbonyl (C=O) groups is 1. The zero-order valence-corrected chi connectivity index (χ0v) is 20.9.